The predicted octanol–water partition coefficient (Wildman–Crippen LogP) is 2.57. The molecule has 0 aromatic heterocycles. The van der Waals surface area contributed by atoms with Gasteiger partial charge in [-0.15, -0.1) is 0 Å². The molecule has 0 aliphatic heterocycles. The van der Waals surface area contributed by atoms with Gasteiger partial charge >= 0.3 is 7.75 Å². The molecule has 88 valence electrons. The van der Waals surface area contributed by atoms with Crippen LogP contribution in [-0.2, 0) is 13.6 Å². The molecule has 14 heavy (non-hydrogen) atoms. The molecular formula is C6H16F2NO3PS. The van der Waals surface area contributed by atoms with E-state index in [0.29, 0.717) is 0 Å². The summed E-state index contributed by atoms with van der Waals surface area (Å²) in [6.07, 6.45) is 1.18. The van der Waals surface area contributed by atoms with Crippen LogP contribution < -0.4 is 5.09 Å². The van der Waals surface area contributed by atoms with Gasteiger partial charge in [0.1, 0.15) is 0 Å². The second kappa shape index (κ2) is 6.02. The molecule has 0 aliphatic carbocycles. The highest BCUT2D eigenvalue weighted by Gasteiger charge is 2.20. The van der Waals surface area contributed by atoms with Gasteiger partial charge < -0.3 is 9.05 Å². The van der Waals surface area contributed by atoms with Crippen molar-refractivity contribution in [3.63, 3.8) is 0 Å². The molecule has 0 saturated carbocycles. The monoisotopic (exact) mass is 251 g/mol. The van der Waals surface area contributed by atoms with Crippen molar-refractivity contribution in [3.8, 4) is 0 Å². The van der Waals surface area contributed by atoms with E-state index in [1.165, 1.54) is 14.2 Å². The lowest BCUT2D eigenvalue weighted by atomic mass is 10.5. The summed E-state index contributed by atoms with van der Waals surface area (Å²) in [5, 5.41) is 2.46. The molecule has 8 heteroatoms. The normalized spacial score (nSPS) is 14.4. The van der Waals surface area contributed by atoms with Crippen molar-refractivity contribution < 1.29 is 21.4 Å². The van der Waals surface area contributed by atoms with E-state index in [1.54, 1.807) is 0 Å². The second-order valence-corrected chi connectivity index (χ2v) is 6.90. The highest BCUT2D eigenvalue weighted by molar-refractivity contribution is 8.24. The Morgan fingerprint density at radius 3 is 2.21 bits per heavy atom. The highest BCUT2D eigenvalue weighted by Crippen LogP contribution is 2.48. The zero-order valence-electron chi connectivity index (χ0n) is 8.46. The maximum Gasteiger partial charge on any atom is 0.404 e. The van der Waals surface area contributed by atoms with Crippen molar-refractivity contribution in [2.75, 3.05) is 32.8 Å². The molecule has 0 saturated heterocycles. The summed E-state index contributed by atoms with van der Waals surface area (Å²) in [4.78, 5) is 0. The summed E-state index contributed by atoms with van der Waals surface area (Å²) in [5.41, 5.74) is 0. The smallest absolute Gasteiger partial charge is 0.300 e. The minimum absolute atomic E-state index is 0.173. The Bertz CT molecular complexity index is 204. The first-order chi connectivity index (χ1) is 6.33. The summed E-state index contributed by atoms with van der Waals surface area (Å²) in [6.45, 7) is 0.190. The predicted molar refractivity (Wildman–Crippen MR) is 54.8 cm³/mol. The van der Waals surface area contributed by atoms with Crippen molar-refractivity contribution in [1.82, 2.24) is 5.09 Å². The molecule has 0 fully saturated rings. The van der Waals surface area contributed by atoms with Gasteiger partial charge in [-0.3, -0.25) is 0 Å². The fourth-order valence-corrected chi connectivity index (χ4v) is 2.24. The van der Waals surface area contributed by atoms with Crippen LogP contribution in [0.3, 0.4) is 0 Å². The van der Waals surface area contributed by atoms with Crippen LogP contribution in [-0.4, -0.2) is 32.8 Å². The lowest BCUT2D eigenvalue weighted by Gasteiger charge is -2.17. The number of hydrogen-bond donors (Lipinski definition) is 1. The molecule has 0 amide bonds. The fourth-order valence-electron chi connectivity index (χ4n) is 0.745. The average Bonchev–Trinajstić information content (AvgIpc) is 2.11. The number of halogens is 2. The minimum atomic E-state index is -3.47. The molecule has 0 bridgehead atoms. The third-order valence-corrected chi connectivity index (χ3v) is 4.04. The van der Waals surface area contributed by atoms with Gasteiger partial charge in [0, 0.05) is 32.8 Å². The first-order valence-corrected chi connectivity index (χ1v) is 7.50. The topological polar surface area (TPSA) is 47.6 Å². The van der Waals surface area contributed by atoms with Gasteiger partial charge in [-0.25, -0.2) is 9.65 Å². The Labute approximate surface area is 84.8 Å². The van der Waals surface area contributed by atoms with Crippen LogP contribution >= 0.6 is 18.5 Å². The van der Waals surface area contributed by atoms with E-state index >= 15 is 0 Å². The lowest BCUT2D eigenvalue weighted by Crippen LogP contribution is -2.15. The van der Waals surface area contributed by atoms with Crippen molar-refractivity contribution >= 4 is 18.5 Å². The van der Waals surface area contributed by atoms with Crippen molar-refractivity contribution in [1.29, 1.82) is 0 Å². The van der Waals surface area contributed by atoms with E-state index in [2.05, 4.69) is 14.1 Å². The van der Waals surface area contributed by atoms with Crippen LogP contribution in [0.5, 0.6) is 0 Å². The van der Waals surface area contributed by atoms with Crippen LogP contribution in [0.4, 0.5) is 7.77 Å². The van der Waals surface area contributed by atoms with Crippen LogP contribution in [0.2, 0.25) is 0 Å². The molecule has 1 N–H and O–H groups in total. The van der Waals surface area contributed by atoms with Gasteiger partial charge in [0.25, 0.3) is 0 Å². The SMILES string of the molecule is COP(=O)(NCCCS(C)(F)F)OC. The zero-order valence-corrected chi connectivity index (χ0v) is 10.2. The third kappa shape index (κ3) is 6.73. The van der Waals surface area contributed by atoms with Crippen molar-refractivity contribution in [2.45, 2.75) is 6.42 Å². The minimum Gasteiger partial charge on any atom is -0.300 e. The molecule has 0 spiro atoms. The average molecular weight is 251 g/mol. The van der Waals surface area contributed by atoms with E-state index < -0.39 is 18.5 Å². The van der Waals surface area contributed by atoms with Crippen molar-refractivity contribution in [3.05, 3.63) is 0 Å². The van der Waals surface area contributed by atoms with Gasteiger partial charge in [0.2, 0.25) is 0 Å². The van der Waals surface area contributed by atoms with Crippen LogP contribution in [0, 0.1) is 0 Å². The van der Waals surface area contributed by atoms with E-state index in [0.717, 1.165) is 6.26 Å². The van der Waals surface area contributed by atoms with Gasteiger partial charge in [-0.2, -0.15) is 7.77 Å². The molecule has 0 aromatic carbocycles. The first-order valence-electron chi connectivity index (χ1n) is 3.95. The summed E-state index contributed by atoms with van der Waals surface area (Å²) in [7, 11) is -4.25. The Kier molecular flexibility index (Phi) is 6.16. The maximum absolute atomic E-state index is 12.4. The van der Waals surface area contributed by atoms with Gasteiger partial charge in [-0.1, -0.05) is 0 Å². The molecule has 0 aliphatic rings. The largest absolute Gasteiger partial charge is 0.404 e. The van der Waals surface area contributed by atoms with Gasteiger partial charge in [-0.05, 0) is 6.42 Å². The Morgan fingerprint density at radius 1 is 1.36 bits per heavy atom. The Hall–Kier alpha value is 0.320. The maximum atomic E-state index is 12.4. The summed E-state index contributed by atoms with van der Waals surface area (Å²) < 4.78 is 45.3. The van der Waals surface area contributed by atoms with Gasteiger partial charge in [0.15, 0.2) is 0 Å². The number of rotatable bonds is 7. The quantitative estimate of drug-likeness (QED) is 0.558. The van der Waals surface area contributed by atoms with E-state index in [1.807, 2.05) is 0 Å². The first kappa shape index (κ1) is 14.3. The van der Waals surface area contributed by atoms with E-state index in [-0.39, 0.29) is 18.7 Å². The molecule has 0 atom stereocenters. The summed E-state index contributed by atoms with van der Waals surface area (Å²) >= 11 is 0. The van der Waals surface area contributed by atoms with Crippen LogP contribution in [0.1, 0.15) is 6.42 Å². The fraction of sp³-hybridized carbons (Fsp3) is 1.00. The Morgan fingerprint density at radius 2 is 1.86 bits per heavy atom. The third-order valence-electron chi connectivity index (χ3n) is 1.47. The standard InChI is InChI=1S/C6H16F2NO3PS/c1-11-13(10,12-2)9-5-4-6-14(3,7)8/h4-6H2,1-3H3,(H,9,10). The van der Waals surface area contributed by atoms with Gasteiger partial charge in [0.05, 0.1) is 10.8 Å². The van der Waals surface area contributed by atoms with Crippen LogP contribution in [0.15, 0.2) is 0 Å². The molecule has 0 rings (SSSR count). The molecule has 0 unspecified atom stereocenters. The van der Waals surface area contributed by atoms with E-state index in [9.17, 15) is 12.3 Å². The molecular weight excluding hydrogens is 235 g/mol. The molecule has 0 aromatic rings. The van der Waals surface area contributed by atoms with Crippen LogP contribution in [0.25, 0.3) is 0 Å². The summed E-state index contributed by atoms with van der Waals surface area (Å²) in [6, 6.07) is 0. The number of hydrogen-bond acceptors (Lipinski definition) is 3. The second-order valence-electron chi connectivity index (χ2n) is 2.70. The number of nitrogens with one attached hydrogen (secondary N) is 1. The van der Waals surface area contributed by atoms with E-state index in [4.69, 9.17) is 0 Å². The molecule has 0 radical (unpaired) electrons. The zero-order chi connectivity index (χ0) is 11.2. The van der Waals surface area contributed by atoms with Crippen molar-refractivity contribution in [2.24, 2.45) is 0 Å². The highest BCUT2D eigenvalue weighted by atomic mass is 32.3. The Balaban J connectivity index is 3.69. The lowest BCUT2D eigenvalue weighted by molar-refractivity contribution is 0.264. The molecule has 0 heterocycles. The molecule has 4 nitrogen and oxygen atoms in total. The summed E-state index contributed by atoms with van der Waals surface area (Å²) in [5.74, 6) is -0.173.